The van der Waals surface area contributed by atoms with Crippen LogP contribution in [0, 0.1) is 17.8 Å². The Labute approximate surface area is 131 Å². The Balaban J connectivity index is 2.10. The molecule has 124 valence electrons. The van der Waals surface area contributed by atoms with Gasteiger partial charge in [0.2, 0.25) is 0 Å². The molecule has 2 rings (SSSR count). The molecule has 3 nitrogen and oxygen atoms in total. The number of rotatable bonds is 6. The summed E-state index contributed by atoms with van der Waals surface area (Å²) < 4.78 is 26.0. The number of nitrogens with one attached hydrogen (secondary N) is 1. The average molecular weight is 316 g/mol. The molecule has 2 aliphatic carbocycles. The first kappa shape index (κ1) is 17.3. The molecule has 0 aromatic rings. The second-order valence-electron chi connectivity index (χ2n) is 7.56. The lowest BCUT2D eigenvalue weighted by atomic mass is 9.80. The summed E-state index contributed by atoms with van der Waals surface area (Å²) in [6, 6.07) is 0.162. The second-order valence-corrected chi connectivity index (χ2v) is 9.76. The predicted octanol–water partition coefficient (Wildman–Crippen LogP) is 3.39. The van der Waals surface area contributed by atoms with Gasteiger partial charge in [0.1, 0.15) is 0 Å². The van der Waals surface area contributed by atoms with Crippen molar-refractivity contribution < 1.29 is 8.42 Å². The van der Waals surface area contributed by atoms with Crippen molar-refractivity contribution in [2.75, 3.05) is 12.3 Å². The molecule has 0 bridgehead atoms. The largest absolute Gasteiger partial charge is 0.313 e. The molecule has 4 atom stereocenters. The van der Waals surface area contributed by atoms with Crippen molar-refractivity contribution in [3.63, 3.8) is 0 Å². The molecule has 1 N–H and O–H groups in total. The maximum Gasteiger partial charge on any atom is 0.155 e. The predicted molar refractivity (Wildman–Crippen MR) is 89.2 cm³/mol. The third-order valence-corrected chi connectivity index (χ3v) is 7.96. The minimum atomic E-state index is -2.98. The fraction of sp³-hybridized carbons (Fsp3) is 1.00. The van der Waals surface area contributed by atoms with Crippen LogP contribution >= 0.6 is 0 Å². The van der Waals surface area contributed by atoms with Crippen molar-refractivity contribution in [3.8, 4) is 0 Å². The summed E-state index contributed by atoms with van der Waals surface area (Å²) >= 11 is 0. The molecule has 0 aliphatic heterocycles. The fourth-order valence-corrected chi connectivity index (χ4v) is 7.32. The van der Waals surface area contributed by atoms with Crippen molar-refractivity contribution in [3.05, 3.63) is 0 Å². The quantitative estimate of drug-likeness (QED) is 0.817. The van der Waals surface area contributed by atoms with E-state index < -0.39 is 9.84 Å². The Morgan fingerprint density at radius 3 is 2.38 bits per heavy atom. The normalized spacial score (nSPS) is 35.2. The average Bonchev–Trinajstić information content (AvgIpc) is 2.86. The SMILES string of the molecule is CCCNC1CC(C)CC(C)C1S(=O)(=O)CC1CCCC1. The van der Waals surface area contributed by atoms with Crippen LogP contribution in [-0.4, -0.2) is 32.0 Å². The fourth-order valence-electron chi connectivity index (χ4n) is 4.58. The van der Waals surface area contributed by atoms with Crippen LogP contribution in [0.1, 0.15) is 65.7 Å². The van der Waals surface area contributed by atoms with E-state index in [4.69, 9.17) is 0 Å². The maximum atomic E-state index is 13.0. The van der Waals surface area contributed by atoms with E-state index in [1.54, 1.807) is 0 Å². The minimum absolute atomic E-state index is 0.162. The summed E-state index contributed by atoms with van der Waals surface area (Å²) in [5.41, 5.74) is 0. The topological polar surface area (TPSA) is 46.2 Å². The highest BCUT2D eigenvalue weighted by Gasteiger charge is 2.42. The van der Waals surface area contributed by atoms with Gasteiger partial charge < -0.3 is 5.32 Å². The standard InChI is InChI=1S/C17H33NO2S/c1-4-9-18-16-11-13(2)10-14(3)17(16)21(19,20)12-15-7-5-6-8-15/h13-18H,4-12H2,1-3H3. The van der Waals surface area contributed by atoms with Gasteiger partial charge in [-0.3, -0.25) is 0 Å². The summed E-state index contributed by atoms with van der Waals surface area (Å²) in [4.78, 5) is 0. The van der Waals surface area contributed by atoms with Gasteiger partial charge in [-0.15, -0.1) is 0 Å². The smallest absolute Gasteiger partial charge is 0.155 e. The summed E-state index contributed by atoms with van der Waals surface area (Å²) in [5, 5.41) is 3.37. The number of hydrogen-bond acceptors (Lipinski definition) is 3. The third-order valence-electron chi connectivity index (χ3n) is 5.40. The first-order chi connectivity index (χ1) is 9.94. The Morgan fingerprint density at radius 2 is 1.76 bits per heavy atom. The van der Waals surface area contributed by atoms with Crippen LogP contribution in [0.4, 0.5) is 0 Å². The van der Waals surface area contributed by atoms with Crippen molar-refractivity contribution in [2.24, 2.45) is 17.8 Å². The molecule has 0 aromatic heterocycles. The third kappa shape index (κ3) is 4.44. The molecule has 0 aromatic carbocycles. The van der Waals surface area contributed by atoms with Gasteiger partial charge >= 0.3 is 0 Å². The van der Waals surface area contributed by atoms with Crippen LogP contribution < -0.4 is 5.32 Å². The molecule has 0 amide bonds. The zero-order chi connectivity index (χ0) is 15.5. The summed E-state index contributed by atoms with van der Waals surface area (Å²) in [6.07, 6.45) is 7.80. The molecule has 2 fully saturated rings. The van der Waals surface area contributed by atoms with Crippen LogP contribution in [0.2, 0.25) is 0 Å². The molecule has 0 spiro atoms. The Kier molecular flexibility index (Phi) is 6.13. The zero-order valence-corrected chi connectivity index (χ0v) is 14.8. The van der Waals surface area contributed by atoms with Crippen LogP contribution in [0.25, 0.3) is 0 Å². The molecule has 0 radical (unpaired) electrons. The first-order valence-electron chi connectivity index (χ1n) is 8.89. The first-order valence-corrected chi connectivity index (χ1v) is 10.6. The van der Waals surface area contributed by atoms with Gasteiger partial charge in [-0.1, -0.05) is 33.6 Å². The molecule has 21 heavy (non-hydrogen) atoms. The van der Waals surface area contributed by atoms with Crippen LogP contribution in [0.3, 0.4) is 0 Å². The van der Waals surface area contributed by atoms with E-state index in [9.17, 15) is 8.42 Å². The maximum absolute atomic E-state index is 13.0. The molecule has 0 heterocycles. The molecule has 4 unspecified atom stereocenters. The molecular formula is C17H33NO2S. The Morgan fingerprint density at radius 1 is 1.10 bits per heavy atom. The van der Waals surface area contributed by atoms with Gasteiger partial charge in [-0.05, 0) is 56.4 Å². The lowest BCUT2D eigenvalue weighted by molar-refractivity contribution is 0.241. The number of hydrogen-bond donors (Lipinski definition) is 1. The lowest BCUT2D eigenvalue weighted by Gasteiger charge is -2.40. The van der Waals surface area contributed by atoms with Crippen LogP contribution in [0.5, 0.6) is 0 Å². The van der Waals surface area contributed by atoms with Crippen LogP contribution in [0.15, 0.2) is 0 Å². The highest BCUT2D eigenvalue weighted by atomic mass is 32.2. The lowest BCUT2D eigenvalue weighted by Crippen LogP contribution is -2.53. The monoisotopic (exact) mass is 315 g/mol. The van der Waals surface area contributed by atoms with E-state index in [0.717, 1.165) is 38.6 Å². The van der Waals surface area contributed by atoms with Crippen LogP contribution in [-0.2, 0) is 9.84 Å². The Hall–Kier alpha value is -0.0900. The van der Waals surface area contributed by atoms with E-state index in [1.165, 1.54) is 12.8 Å². The Bertz CT molecular complexity index is 415. The van der Waals surface area contributed by atoms with Gasteiger partial charge in [0.25, 0.3) is 0 Å². The van der Waals surface area contributed by atoms with Crippen molar-refractivity contribution in [1.82, 2.24) is 5.32 Å². The van der Waals surface area contributed by atoms with E-state index in [1.807, 2.05) is 0 Å². The minimum Gasteiger partial charge on any atom is -0.313 e. The van der Waals surface area contributed by atoms with E-state index >= 15 is 0 Å². The van der Waals surface area contributed by atoms with Crippen molar-refractivity contribution in [2.45, 2.75) is 77.0 Å². The van der Waals surface area contributed by atoms with Crippen molar-refractivity contribution >= 4 is 9.84 Å². The molecule has 2 aliphatic rings. The summed E-state index contributed by atoms with van der Waals surface area (Å²) in [7, 11) is -2.98. The van der Waals surface area contributed by atoms with Gasteiger partial charge in [0.05, 0.1) is 11.0 Å². The van der Waals surface area contributed by atoms with Crippen molar-refractivity contribution in [1.29, 1.82) is 0 Å². The molecule has 2 saturated carbocycles. The zero-order valence-electron chi connectivity index (χ0n) is 14.0. The summed E-state index contributed by atoms with van der Waals surface area (Å²) in [5.74, 6) is 1.77. The molecule has 0 saturated heterocycles. The number of sulfone groups is 1. The van der Waals surface area contributed by atoms with E-state index in [-0.39, 0.29) is 17.2 Å². The highest BCUT2D eigenvalue weighted by Crippen LogP contribution is 2.36. The molecular weight excluding hydrogens is 282 g/mol. The summed E-state index contributed by atoms with van der Waals surface area (Å²) in [6.45, 7) is 7.48. The second kappa shape index (κ2) is 7.45. The van der Waals surface area contributed by atoms with E-state index in [0.29, 0.717) is 17.6 Å². The van der Waals surface area contributed by atoms with Gasteiger partial charge in [-0.25, -0.2) is 8.42 Å². The van der Waals surface area contributed by atoms with E-state index in [2.05, 4.69) is 26.1 Å². The van der Waals surface area contributed by atoms with Gasteiger partial charge in [0, 0.05) is 6.04 Å². The van der Waals surface area contributed by atoms with Gasteiger partial charge in [-0.2, -0.15) is 0 Å². The molecule has 4 heteroatoms. The highest BCUT2D eigenvalue weighted by molar-refractivity contribution is 7.92. The van der Waals surface area contributed by atoms with Gasteiger partial charge in [0.15, 0.2) is 9.84 Å².